The van der Waals surface area contributed by atoms with Crippen LogP contribution in [0.5, 0.6) is 11.5 Å². The number of hydrogen-bond acceptors (Lipinski definition) is 2. The van der Waals surface area contributed by atoms with Gasteiger partial charge in [0.1, 0.15) is 0 Å². The first-order valence-electron chi connectivity index (χ1n) is 5.74. The van der Waals surface area contributed by atoms with Gasteiger partial charge in [-0.2, -0.15) is 8.78 Å². The van der Waals surface area contributed by atoms with Gasteiger partial charge in [-0.1, -0.05) is 19.9 Å². The number of ether oxygens (including phenoxy) is 2. The van der Waals surface area contributed by atoms with Crippen molar-refractivity contribution in [2.24, 2.45) is 0 Å². The third kappa shape index (κ3) is 4.01. The first kappa shape index (κ1) is 15.6. The third-order valence-electron chi connectivity index (χ3n) is 2.59. The second-order valence-corrected chi connectivity index (χ2v) is 4.42. The Balaban J connectivity index is 2.84. The quantitative estimate of drug-likeness (QED) is 0.730. The van der Waals surface area contributed by atoms with Crippen LogP contribution >= 0.6 is 0 Å². The SMILES string of the molecule is COc1cc(C(C)C)ccc1OCC(F)(F)C(F)F. The van der Waals surface area contributed by atoms with Gasteiger partial charge in [0, 0.05) is 0 Å². The molecular formula is C13H16F4O2. The summed E-state index contributed by atoms with van der Waals surface area (Å²) in [6.45, 7) is 2.53. The number of benzene rings is 1. The topological polar surface area (TPSA) is 18.5 Å². The minimum Gasteiger partial charge on any atom is -0.493 e. The molecule has 0 spiro atoms. The van der Waals surface area contributed by atoms with Crippen molar-refractivity contribution in [3.05, 3.63) is 23.8 Å². The predicted octanol–water partition coefficient (Wildman–Crippen LogP) is 4.10. The van der Waals surface area contributed by atoms with Crippen molar-refractivity contribution in [1.82, 2.24) is 0 Å². The van der Waals surface area contributed by atoms with Crippen LogP contribution in [0.15, 0.2) is 18.2 Å². The van der Waals surface area contributed by atoms with Crippen LogP contribution in [0.3, 0.4) is 0 Å². The van der Waals surface area contributed by atoms with Crippen LogP contribution in [0.4, 0.5) is 17.6 Å². The molecule has 1 aromatic carbocycles. The van der Waals surface area contributed by atoms with Gasteiger partial charge in [0.25, 0.3) is 0 Å². The van der Waals surface area contributed by atoms with Crippen LogP contribution in [-0.2, 0) is 0 Å². The summed E-state index contributed by atoms with van der Waals surface area (Å²) in [4.78, 5) is 0. The zero-order valence-electron chi connectivity index (χ0n) is 10.9. The summed E-state index contributed by atoms with van der Waals surface area (Å²) in [5.74, 6) is -3.68. The smallest absolute Gasteiger partial charge is 0.340 e. The minimum atomic E-state index is -4.18. The summed E-state index contributed by atoms with van der Waals surface area (Å²) in [7, 11) is 1.36. The first-order chi connectivity index (χ1) is 8.77. The Kier molecular flexibility index (Phi) is 5.03. The van der Waals surface area contributed by atoms with Gasteiger partial charge in [-0.25, -0.2) is 8.78 Å². The highest BCUT2D eigenvalue weighted by Crippen LogP contribution is 2.32. The van der Waals surface area contributed by atoms with E-state index in [1.54, 1.807) is 12.1 Å². The monoisotopic (exact) mass is 280 g/mol. The maximum atomic E-state index is 12.8. The number of alkyl halides is 4. The summed E-state index contributed by atoms with van der Waals surface area (Å²) in [6.07, 6.45) is -3.76. The van der Waals surface area contributed by atoms with Gasteiger partial charge in [-0.15, -0.1) is 0 Å². The molecule has 1 aromatic rings. The van der Waals surface area contributed by atoms with Gasteiger partial charge in [0.2, 0.25) is 0 Å². The van der Waals surface area contributed by atoms with Crippen molar-refractivity contribution < 1.29 is 27.0 Å². The molecule has 0 fully saturated rings. The largest absolute Gasteiger partial charge is 0.493 e. The average molecular weight is 280 g/mol. The highest BCUT2D eigenvalue weighted by atomic mass is 19.3. The fraction of sp³-hybridized carbons (Fsp3) is 0.538. The van der Waals surface area contributed by atoms with E-state index in [9.17, 15) is 17.6 Å². The molecule has 0 saturated carbocycles. The molecule has 0 aliphatic rings. The zero-order chi connectivity index (χ0) is 14.6. The Morgan fingerprint density at radius 3 is 2.26 bits per heavy atom. The molecule has 19 heavy (non-hydrogen) atoms. The van der Waals surface area contributed by atoms with Gasteiger partial charge in [-0.05, 0) is 23.6 Å². The van der Waals surface area contributed by atoms with Crippen molar-refractivity contribution in [1.29, 1.82) is 0 Å². The second kappa shape index (κ2) is 6.12. The molecule has 6 heteroatoms. The number of hydrogen-bond donors (Lipinski definition) is 0. The van der Waals surface area contributed by atoms with Gasteiger partial charge >= 0.3 is 12.3 Å². The summed E-state index contributed by atoms with van der Waals surface area (Å²) in [6, 6.07) is 4.76. The summed E-state index contributed by atoms with van der Waals surface area (Å²) < 4.78 is 59.3. The van der Waals surface area contributed by atoms with E-state index in [1.807, 2.05) is 13.8 Å². The molecule has 108 valence electrons. The van der Waals surface area contributed by atoms with E-state index in [1.165, 1.54) is 13.2 Å². The van der Waals surface area contributed by atoms with Crippen LogP contribution in [0, 0.1) is 0 Å². The molecule has 0 amide bonds. The maximum absolute atomic E-state index is 12.8. The van der Waals surface area contributed by atoms with Gasteiger partial charge in [0.05, 0.1) is 7.11 Å². The van der Waals surface area contributed by atoms with Crippen LogP contribution < -0.4 is 9.47 Å². The van der Waals surface area contributed by atoms with Crippen LogP contribution in [0.25, 0.3) is 0 Å². The molecule has 0 heterocycles. The molecule has 0 saturated heterocycles. The number of halogens is 4. The first-order valence-corrected chi connectivity index (χ1v) is 5.74. The zero-order valence-corrected chi connectivity index (χ0v) is 10.9. The number of rotatable bonds is 6. The molecule has 0 unspecified atom stereocenters. The summed E-state index contributed by atoms with van der Waals surface area (Å²) >= 11 is 0. The second-order valence-electron chi connectivity index (χ2n) is 4.42. The molecule has 2 nitrogen and oxygen atoms in total. The Morgan fingerprint density at radius 1 is 1.16 bits per heavy atom. The third-order valence-corrected chi connectivity index (χ3v) is 2.59. The lowest BCUT2D eigenvalue weighted by Gasteiger charge is -2.18. The Labute approximate surface area is 109 Å². The van der Waals surface area contributed by atoms with E-state index in [2.05, 4.69) is 0 Å². The van der Waals surface area contributed by atoms with Gasteiger partial charge in [-0.3, -0.25) is 0 Å². The van der Waals surface area contributed by atoms with Crippen molar-refractivity contribution in [2.45, 2.75) is 32.1 Å². The highest BCUT2D eigenvalue weighted by Gasteiger charge is 2.41. The maximum Gasteiger partial charge on any atom is 0.340 e. The van der Waals surface area contributed by atoms with Crippen molar-refractivity contribution >= 4 is 0 Å². The molecule has 0 aliphatic heterocycles. The van der Waals surface area contributed by atoms with Crippen LogP contribution in [-0.4, -0.2) is 26.1 Å². The summed E-state index contributed by atoms with van der Waals surface area (Å²) in [5.41, 5.74) is 0.935. The average Bonchev–Trinajstić information content (AvgIpc) is 2.35. The minimum absolute atomic E-state index is 0.0206. The van der Waals surface area contributed by atoms with Gasteiger partial charge < -0.3 is 9.47 Å². The Bertz CT molecular complexity index is 419. The van der Waals surface area contributed by atoms with E-state index < -0.39 is 19.0 Å². The Hall–Kier alpha value is -1.46. The van der Waals surface area contributed by atoms with Crippen LogP contribution in [0.2, 0.25) is 0 Å². The lowest BCUT2D eigenvalue weighted by Crippen LogP contribution is -2.33. The van der Waals surface area contributed by atoms with Crippen molar-refractivity contribution in [3.63, 3.8) is 0 Å². The van der Waals surface area contributed by atoms with Crippen LogP contribution in [0.1, 0.15) is 25.3 Å². The Morgan fingerprint density at radius 2 is 1.79 bits per heavy atom. The lowest BCUT2D eigenvalue weighted by molar-refractivity contribution is -0.148. The normalized spacial score (nSPS) is 12.1. The molecule has 0 bridgehead atoms. The molecular weight excluding hydrogens is 264 g/mol. The molecule has 0 N–H and O–H groups in total. The molecule has 0 aliphatic carbocycles. The van der Waals surface area contributed by atoms with E-state index in [4.69, 9.17) is 9.47 Å². The molecule has 0 aromatic heterocycles. The van der Waals surface area contributed by atoms with Gasteiger partial charge in [0.15, 0.2) is 18.1 Å². The number of methoxy groups -OCH3 is 1. The lowest BCUT2D eigenvalue weighted by atomic mass is 10.0. The molecule has 0 radical (unpaired) electrons. The van der Waals surface area contributed by atoms with Crippen molar-refractivity contribution in [2.75, 3.05) is 13.7 Å². The molecule has 1 rings (SSSR count). The standard InChI is InChI=1S/C13H16F4O2/c1-8(2)9-4-5-10(11(6-9)18-3)19-7-13(16,17)12(14)15/h4-6,8,12H,7H2,1-3H3. The molecule has 0 atom stereocenters. The van der Waals surface area contributed by atoms with E-state index >= 15 is 0 Å². The fourth-order valence-electron chi connectivity index (χ4n) is 1.40. The van der Waals surface area contributed by atoms with E-state index in [0.29, 0.717) is 0 Å². The highest BCUT2D eigenvalue weighted by molar-refractivity contribution is 5.43. The predicted molar refractivity (Wildman–Crippen MR) is 63.5 cm³/mol. The fourth-order valence-corrected chi connectivity index (χ4v) is 1.40. The van der Waals surface area contributed by atoms with E-state index in [-0.39, 0.29) is 17.4 Å². The van der Waals surface area contributed by atoms with E-state index in [0.717, 1.165) is 5.56 Å². The summed E-state index contributed by atoms with van der Waals surface area (Å²) in [5, 5.41) is 0. The van der Waals surface area contributed by atoms with Crippen molar-refractivity contribution in [3.8, 4) is 11.5 Å².